The highest BCUT2D eigenvalue weighted by molar-refractivity contribution is 6.00. The van der Waals surface area contributed by atoms with Gasteiger partial charge >= 0.3 is 5.69 Å². The second-order valence-corrected chi connectivity index (χ2v) is 4.77. The summed E-state index contributed by atoms with van der Waals surface area (Å²) in [6.07, 6.45) is 0. The standard InChI is InChI=1S/C15H17N3O4/c1-9-5-3-4-6-11(9)18-14(21)12(10(2)16-7-8-19)13(20)17-15(18)22/h3-6,19,21H,7-8H2,1-2H3,(H,17,20,22). The summed E-state index contributed by atoms with van der Waals surface area (Å²) >= 11 is 0. The van der Waals surface area contributed by atoms with E-state index in [4.69, 9.17) is 5.11 Å². The first-order valence-corrected chi connectivity index (χ1v) is 6.74. The van der Waals surface area contributed by atoms with Crippen molar-refractivity contribution in [2.45, 2.75) is 13.8 Å². The normalized spacial score (nSPS) is 11.7. The second-order valence-electron chi connectivity index (χ2n) is 4.77. The minimum Gasteiger partial charge on any atom is -0.493 e. The number of aliphatic imine (C=N–C) groups is 1. The number of aromatic nitrogens is 2. The first-order chi connectivity index (χ1) is 10.5. The molecule has 0 saturated heterocycles. The number of aliphatic hydroxyl groups excluding tert-OH is 1. The lowest BCUT2D eigenvalue weighted by molar-refractivity contribution is 0.307. The predicted octanol–water partition coefficient (Wildman–Crippen LogP) is 0.341. The van der Waals surface area contributed by atoms with Gasteiger partial charge in [-0.15, -0.1) is 0 Å². The van der Waals surface area contributed by atoms with E-state index in [9.17, 15) is 14.7 Å². The molecule has 22 heavy (non-hydrogen) atoms. The Bertz CT molecular complexity index is 833. The summed E-state index contributed by atoms with van der Waals surface area (Å²) in [6, 6.07) is 6.99. The number of aromatic hydroxyl groups is 1. The van der Waals surface area contributed by atoms with E-state index in [1.165, 1.54) is 6.92 Å². The van der Waals surface area contributed by atoms with Crippen LogP contribution in [0.1, 0.15) is 18.1 Å². The Kier molecular flexibility index (Phi) is 4.57. The maximum Gasteiger partial charge on any atom is 0.335 e. The fourth-order valence-electron chi connectivity index (χ4n) is 2.19. The monoisotopic (exact) mass is 303 g/mol. The van der Waals surface area contributed by atoms with Crippen LogP contribution in [0.25, 0.3) is 5.69 Å². The van der Waals surface area contributed by atoms with Gasteiger partial charge in [0.15, 0.2) is 0 Å². The largest absolute Gasteiger partial charge is 0.493 e. The maximum absolute atomic E-state index is 12.1. The summed E-state index contributed by atoms with van der Waals surface area (Å²) in [7, 11) is 0. The minimum atomic E-state index is -0.726. The van der Waals surface area contributed by atoms with Crippen LogP contribution in [0.15, 0.2) is 38.8 Å². The minimum absolute atomic E-state index is 0.0868. The number of aromatic amines is 1. The van der Waals surface area contributed by atoms with Crippen LogP contribution in [0.4, 0.5) is 0 Å². The smallest absolute Gasteiger partial charge is 0.335 e. The predicted molar refractivity (Wildman–Crippen MR) is 83.2 cm³/mol. The number of H-pyrrole nitrogens is 1. The summed E-state index contributed by atoms with van der Waals surface area (Å²) in [5.41, 5.74) is -0.0474. The summed E-state index contributed by atoms with van der Waals surface area (Å²) in [4.78, 5) is 30.2. The highest BCUT2D eigenvalue weighted by Gasteiger charge is 2.18. The van der Waals surface area contributed by atoms with Gasteiger partial charge in [-0.3, -0.25) is 14.8 Å². The zero-order valence-corrected chi connectivity index (χ0v) is 12.3. The maximum atomic E-state index is 12.1. The van der Waals surface area contributed by atoms with Gasteiger partial charge in [0.2, 0.25) is 5.88 Å². The quantitative estimate of drug-likeness (QED) is 0.708. The molecule has 0 aliphatic carbocycles. The van der Waals surface area contributed by atoms with Crippen LogP contribution in [0, 0.1) is 6.92 Å². The van der Waals surface area contributed by atoms with E-state index >= 15 is 0 Å². The van der Waals surface area contributed by atoms with E-state index in [0.717, 1.165) is 10.1 Å². The average Bonchev–Trinajstić information content (AvgIpc) is 2.46. The molecule has 0 bridgehead atoms. The van der Waals surface area contributed by atoms with Crippen LogP contribution in [0.5, 0.6) is 5.88 Å². The van der Waals surface area contributed by atoms with Crippen LogP contribution in [0.2, 0.25) is 0 Å². The SMILES string of the molecule is CC(=NCCO)c1c(O)n(-c2ccccc2C)c(=O)[nH]c1=O. The van der Waals surface area contributed by atoms with Crippen molar-refractivity contribution < 1.29 is 10.2 Å². The molecule has 1 aromatic carbocycles. The topological polar surface area (TPSA) is 108 Å². The van der Waals surface area contributed by atoms with Crippen LogP contribution < -0.4 is 11.2 Å². The lowest BCUT2D eigenvalue weighted by Crippen LogP contribution is -2.33. The lowest BCUT2D eigenvalue weighted by atomic mass is 10.1. The molecule has 2 rings (SSSR count). The molecule has 0 atom stereocenters. The van der Waals surface area contributed by atoms with E-state index in [1.54, 1.807) is 25.1 Å². The Morgan fingerprint density at radius 1 is 1.32 bits per heavy atom. The molecule has 7 heteroatoms. The lowest BCUT2D eigenvalue weighted by Gasteiger charge is -2.13. The van der Waals surface area contributed by atoms with Crippen molar-refractivity contribution in [1.82, 2.24) is 9.55 Å². The number of rotatable bonds is 4. The molecule has 2 aromatic rings. The van der Waals surface area contributed by atoms with Gasteiger partial charge in [0.1, 0.15) is 5.56 Å². The Morgan fingerprint density at radius 2 is 2.00 bits per heavy atom. The van der Waals surface area contributed by atoms with E-state index in [1.807, 2.05) is 6.07 Å². The van der Waals surface area contributed by atoms with Crippen LogP contribution in [-0.4, -0.2) is 38.6 Å². The van der Waals surface area contributed by atoms with Crippen molar-refractivity contribution in [3.8, 4) is 11.6 Å². The van der Waals surface area contributed by atoms with Gasteiger partial charge < -0.3 is 10.2 Å². The van der Waals surface area contributed by atoms with E-state index in [2.05, 4.69) is 9.98 Å². The summed E-state index contributed by atoms with van der Waals surface area (Å²) in [5, 5.41) is 19.2. The van der Waals surface area contributed by atoms with Crippen molar-refractivity contribution in [3.63, 3.8) is 0 Å². The number of nitrogens with zero attached hydrogens (tertiary/aromatic N) is 2. The molecule has 0 fully saturated rings. The molecule has 1 aromatic heterocycles. The molecular formula is C15H17N3O4. The number of hydrogen-bond donors (Lipinski definition) is 3. The van der Waals surface area contributed by atoms with Gasteiger partial charge in [-0.25, -0.2) is 9.36 Å². The summed E-state index contributed by atoms with van der Waals surface area (Å²) in [5.74, 6) is -0.470. The first kappa shape index (κ1) is 15.7. The number of aryl methyl sites for hydroxylation is 1. The zero-order chi connectivity index (χ0) is 16.3. The average molecular weight is 303 g/mol. The third-order valence-corrected chi connectivity index (χ3v) is 3.25. The van der Waals surface area contributed by atoms with Crippen molar-refractivity contribution >= 4 is 5.71 Å². The fourth-order valence-corrected chi connectivity index (χ4v) is 2.19. The Balaban J connectivity index is 2.76. The Morgan fingerprint density at radius 3 is 2.64 bits per heavy atom. The van der Waals surface area contributed by atoms with Gasteiger partial charge in [-0.05, 0) is 25.5 Å². The molecule has 3 N–H and O–H groups in total. The van der Waals surface area contributed by atoms with Gasteiger partial charge in [0.05, 0.1) is 18.8 Å². The van der Waals surface area contributed by atoms with E-state index in [-0.39, 0.29) is 24.4 Å². The molecule has 0 radical (unpaired) electrons. The molecule has 0 aliphatic rings. The van der Waals surface area contributed by atoms with Crippen molar-refractivity contribution in [1.29, 1.82) is 0 Å². The number of benzene rings is 1. The fraction of sp³-hybridized carbons (Fsp3) is 0.267. The first-order valence-electron chi connectivity index (χ1n) is 6.74. The van der Waals surface area contributed by atoms with E-state index in [0.29, 0.717) is 5.69 Å². The van der Waals surface area contributed by atoms with Gasteiger partial charge in [-0.2, -0.15) is 0 Å². The third kappa shape index (κ3) is 2.84. The number of hydrogen-bond acceptors (Lipinski definition) is 5. The summed E-state index contributed by atoms with van der Waals surface area (Å²) in [6.45, 7) is 3.26. The van der Waals surface area contributed by atoms with Crippen molar-refractivity contribution in [3.05, 3.63) is 56.2 Å². The second kappa shape index (κ2) is 6.40. The molecular weight excluding hydrogens is 286 g/mol. The molecule has 0 unspecified atom stereocenters. The van der Waals surface area contributed by atoms with Gasteiger partial charge in [0, 0.05) is 5.71 Å². The molecule has 0 amide bonds. The Hall–Kier alpha value is -2.67. The van der Waals surface area contributed by atoms with Gasteiger partial charge in [0.25, 0.3) is 5.56 Å². The number of nitrogens with one attached hydrogen (secondary N) is 1. The van der Waals surface area contributed by atoms with Gasteiger partial charge in [-0.1, -0.05) is 18.2 Å². The number of para-hydroxylation sites is 1. The van der Waals surface area contributed by atoms with Crippen LogP contribution in [-0.2, 0) is 0 Å². The van der Waals surface area contributed by atoms with E-state index < -0.39 is 17.1 Å². The highest BCUT2D eigenvalue weighted by atomic mass is 16.3. The van der Waals surface area contributed by atoms with Crippen LogP contribution >= 0.6 is 0 Å². The third-order valence-electron chi connectivity index (χ3n) is 3.25. The highest BCUT2D eigenvalue weighted by Crippen LogP contribution is 2.19. The molecule has 0 aliphatic heterocycles. The van der Waals surface area contributed by atoms with Crippen LogP contribution in [0.3, 0.4) is 0 Å². The molecule has 116 valence electrons. The van der Waals surface area contributed by atoms with Crippen molar-refractivity contribution in [2.75, 3.05) is 13.2 Å². The number of aliphatic hydroxyl groups is 1. The Labute approximate surface area is 126 Å². The molecule has 1 heterocycles. The van der Waals surface area contributed by atoms with Crippen molar-refractivity contribution in [2.24, 2.45) is 4.99 Å². The molecule has 0 spiro atoms. The molecule has 7 nitrogen and oxygen atoms in total. The zero-order valence-electron chi connectivity index (χ0n) is 12.3. The summed E-state index contributed by atoms with van der Waals surface area (Å²) < 4.78 is 1.03. The molecule has 0 saturated carbocycles.